The summed E-state index contributed by atoms with van der Waals surface area (Å²) in [5.74, 6) is 0.139. The van der Waals surface area contributed by atoms with E-state index in [9.17, 15) is 4.79 Å². The van der Waals surface area contributed by atoms with Crippen LogP contribution in [-0.4, -0.2) is 25.0 Å². The first kappa shape index (κ1) is 14.5. The Balaban J connectivity index is 2.06. The minimum atomic E-state index is 0.139. The second kappa shape index (κ2) is 7.00. The average molecular weight is 240 g/mol. The van der Waals surface area contributed by atoms with Crippen LogP contribution in [0.25, 0.3) is 0 Å². The van der Waals surface area contributed by atoms with Crippen LogP contribution in [0.1, 0.15) is 59.3 Å². The van der Waals surface area contributed by atoms with Crippen molar-refractivity contribution in [3.05, 3.63) is 0 Å². The van der Waals surface area contributed by atoms with E-state index in [-0.39, 0.29) is 11.3 Å². The molecule has 0 spiro atoms. The Labute approximate surface area is 106 Å². The normalized spacial score (nSPS) is 15.9. The Morgan fingerprint density at radius 1 is 1.29 bits per heavy atom. The van der Waals surface area contributed by atoms with E-state index in [0.717, 1.165) is 6.54 Å². The lowest BCUT2D eigenvalue weighted by molar-refractivity contribution is -0.120. The Hall–Kier alpha value is -0.570. The van der Waals surface area contributed by atoms with E-state index in [4.69, 9.17) is 0 Å². The van der Waals surface area contributed by atoms with Gasteiger partial charge in [-0.3, -0.25) is 4.79 Å². The molecule has 1 rings (SSSR count). The summed E-state index contributed by atoms with van der Waals surface area (Å²) < 4.78 is 0. The average Bonchev–Trinajstić information content (AvgIpc) is 3.08. The number of carbonyl (C=O) groups is 1. The van der Waals surface area contributed by atoms with Gasteiger partial charge in [0.2, 0.25) is 5.91 Å². The van der Waals surface area contributed by atoms with Crippen LogP contribution in [0, 0.1) is 5.41 Å². The van der Waals surface area contributed by atoms with Gasteiger partial charge in [-0.2, -0.15) is 0 Å². The Morgan fingerprint density at radius 3 is 2.59 bits per heavy atom. The van der Waals surface area contributed by atoms with Crippen molar-refractivity contribution >= 4 is 5.91 Å². The van der Waals surface area contributed by atoms with Crippen LogP contribution in [0.15, 0.2) is 0 Å². The highest BCUT2D eigenvalue weighted by atomic mass is 16.1. The van der Waals surface area contributed by atoms with Gasteiger partial charge in [-0.1, -0.05) is 40.0 Å². The molecule has 1 aliphatic carbocycles. The van der Waals surface area contributed by atoms with Gasteiger partial charge in [0.25, 0.3) is 0 Å². The summed E-state index contributed by atoms with van der Waals surface area (Å²) in [5.41, 5.74) is 0.227. The summed E-state index contributed by atoms with van der Waals surface area (Å²) in [6.07, 6.45) is 7.47. The largest absolute Gasteiger partial charge is 0.354 e. The topological polar surface area (TPSA) is 41.1 Å². The lowest BCUT2D eigenvalue weighted by Gasteiger charge is -2.25. The minimum absolute atomic E-state index is 0.139. The zero-order chi connectivity index (χ0) is 12.7. The molecule has 0 aromatic carbocycles. The number of amides is 1. The Morgan fingerprint density at radius 2 is 2.00 bits per heavy atom. The molecule has 1 amide bonds. The molecule has 1 saturated carbocycles. The molecule has 1 fully saturated rings. The summed E-state index contributed by atoms with van der Waals surface area (Å²) in [4.78, 5) is 11.6. The fourth-order valence-corrected chi connectivity index (χ4v) is 1.87. The summed E-state index contributed by atoms with van der Waals surface area (Å²) in [7, 11) is 0. The molecule has 1 aliphatic rings. The van der Waals surface area contributed by atoms with Gasteiger partial charge in [-0.15, -0.1) is 0 Å². The third-order valence-corrected chi connectivity index (χ3v) is 3.35. The molecule has 0 saturated heterocycles. The van der Waals surface area contributed by atoms with E-state index in [1.165, 1.54) is 38.5 Å². The number of carbonyl (C=O) groups excluding carboxylic acids is 1. The minimum Gasteiger partial charge on any atom is -0.354 e. The van der Waals surface area contributed by atoms with Gasteiger partial charge < -0.3 is 10.6 Å². The molecule has 0 atom stereocenters. The highest BCUT2D eigenvalue weighted by Crippen LogP contribution is 2.22. The first-order valence-corrected chi connectivity index (χ1v) is 7.03. The lowest BCUT2D eigenvalue weighted by Crippen LogP contribution is -2.39. The van der Waals surface area contributed by atoms with E-state index in [1.54, 1.807) is 0 Å². The Bertz CT molecular complexity index is 234. The quantitative estimate of drug-likeness (QED) is 0.608. The smallest absolute Gasteiger partial charge is 0.233 e. The third kappa shape index (κ3) is 7.37. The highest BCUT2D eigenvalue weighted by molar-refractivity contribution is 5.78. The lowest BCUT2D eigenvalue weighted by atomic mass is 9.87. The number of nitrogens with one attached hydrogen (secondary N) is 2. The molecule has 0 bridgehead atoms. The van der Waals surface area contributed by atoms with E-state index in [1.807, 2.05) is 0 Å². The summed E-state index contributed by atoms with van der Waals surface area (Å²) in [6.45, 7) is 7.96. The van der Waals surface area contributed by atoms with Crippen LogP contribution in [0.3, 0.4) is 0 Å². The van der Waals surface area contributed by atoms with Crippen LogP contribution < -0.4 is 10.6 Å². The molecular formula is C14H28N2O. The molecule has 0 aromatic heterocycles. The molecule has 100 valence electrons. The molecule has 17 heavy (non-hydrogen) atoms. The Kier molecular flexibility index (Phi) is 5.96. The van der Waals surface area contributed by atoms with Crippen LogP contribution in [-0.2, 0) is 4.79 Å². The van der Waals surface area contributed by atoms with Gasteiger partial charge in [0.05, 0.1) is 6.54 Å². The fourth-order valence-electron chi connectivity index (χ4n) is 1.87. The highest BCUT2D eigenvalue weighted by Gasteiger charge is 2.22. The van der Waals surface area contributed by atoms with E-state index in [2.05, 4.69) is 31.4 Å². The van der Waals surface area contributed by atoms with Gasteiger partial charge in [-0.25, -0.2) is 0 Å². The second-order valence-corrected chi connectivity index (χ2v) is 6.05. The molecule has 0 aliphatic heterocycles. The van der Waals surface area contributed by atoms with Crippen molar-refractivity contribution in [1.82, 2.24) is 10.6 Å². The van der Waals surface area contributed by atoms with Crippen molar-refractivity contribution < 1.29 is 4.79 Å². The monoisotopic (exact) mass is 240 g/mol. The molecule has 3 heteroatoms. The van der Waals surface area contributed by atoms with E-state index in [0.29, 0.717) is 12.6 Å². The van der Waals surface area contributed by atoms with E-state index >= 15 is 0 Å². The van der Waals surface area contributed by atoms with E-state index < -0.39 is 0 Å². The predicted molar refractivity (Wildman–Crippen MR) is 72.0 cm³/mol. The number of hydrogen-bond acceptors (Lipinski definition) is 2. The molecule has 0 radical (unpaired) electrons. The first-order chi connectivity index (χ1) is 8.03. The summed E-state index contributed by atoms with van der Waals surface area (Å²) >= 11 is 0. The SMILES string of the molecule is CCCCCC(C)(C)CNC(=O)CNC1CC1. The van der Waals surface area contributed by atoms with Crippen LogP contribution >= 0.6 is 0 Å². The van der Waals surface area contributed by atoms with Gasteiger partial charge in [0.15, 0.2) is 0 Å². The van der Waals surface area contributed by atoms with Gasteiger partial charge >= 0.3 is 0 Å². The maximum Gasteiger partial charge on any atom is 0.233 e. The summed E-state index contributed by atoms with van der Waals surface area (Å²) in [5, 5.41) is 6.26. The summed E-state index contributed by atoms with van der Waals surface area (Å²) in [6, 6.07) is 0.610. The fraction of sp³-hybridized carbons (Fsp3) is 0.929. The van der Waals surface area contributed by atoms with Crippen molar-refractivity contribution in [3.8, 4) is 0 Å². The second-order valence-electron chi connectivity index (χ2n) is 6.05. The number of unbranched alkanes of at least 4 members (excludes halogenated alkanes) is 2. The van der Waals surface area contributed by atoms with Crippen molar-refractivity contribution in [2.75, 3.05) is 13.1 Å². The molecule has 0 heterocycles. The third-order valence-electron chi connectivity index (χ3n) is 3.35. The van der Waals surface area contributed by atoms with Crippen LogP contribution in [0.2, 0.25) is 0 Å². The van der Waals surface area contributed by atoms with Gasteiger partial charge in [-0.05, 0) is 24.7 Å². The molecule has 0 aromatic rings. The molecule has 0 unspecified atom stereocenters. The van der Waals surface area contributed by atoms with Crippen molar-refractivity contribution in [2.24, 2.45) is 5.41 Å². The van der Waals surface area contributed by atoms with Crippen molar-refractivity contribution in [3.63, 3.8) is 0 Å². The van der Waals surface area contributed by atoms with Crippen LogP contribution in [0.5, 0.6) is 0 Å². The first-order valence-electron chi connectivity index (χ1n) is 7.03. The maximum absolute atomic E-state index is 11.6. The van der Waals surface area contributed by atoms with Gasteiger partial charge in [0, 0.05) is 12.6 Å². The number of rotatable bonds is 9. The predicted octanol–water partition coefficient (Wildman–Crippen LogP) is 2.46. The van der Waals surface area contributed by atoms with Crippen LogP contribution in [0.4, 0.5) is 0 Å². The van der Waals surface area contributed by atoms with Gasteiger partial charge in [0.1, 0.15) is 0 Å². The van der Waals surface area contributed by atoms with Crippen molar-refractivity contribution in [1.29, 1.82) is 0 Å². The standard InChI is InChI=1S/C14H28N2O/c1-4-5-6-9-14(2,3)11-16-13(17)10-15-12-7-8-12/h12,15H,4-11H2,1-3H3,(H,16,17). The molecule has 3 nitrogen and oxygen atoms in total. The van der Waals surface area contributed by atoms with Crippen molar-refractivity contribution in [2.45, 2.75) is 65.3 Å². The molecule has 2 N–H and O–H groups in total. The molecular weight excluding hydrogens is 212 g/mol. The number of hydrogen-bond donors (Lipinski definition) is 2. The maximum atomic E-state index is 11.6. The zero-order valence-corrected chi connectivity index (χ0v) is 11.6. The zero-order valence-electron chi connectivity index (χ0n) is 11.6.